The Morgan fingerprint density at radius 3 is 2.95 bits per heavy atom. The van der Waals surface area contributed by atoms with Gasteiger partial charge in [-0.1, -0.05) is 17.4 Å². The standard InChI is InChI=1S/C14H12FN3S2/c15-9-2-1-8-5-12(19-11(8)6-9)14-18-17-13(20-14)7-16-10-3-4-10/h1-2,5-6,10,16H,3-4,7H2. The summed E-state index contributed by atoms with van der Waals surface area (Å²) in [6, 6.07) is 7.60. The number of halogens is 1. The first kappa shape index (κ1) is 12.4. The maximum atomic E-state index is 13.2. The van der Waals surface area contributed by atoms with Gasteiger partial charge in [-0.15, -0.1) is 21.5 Å². The number of fused-ring (bicyclic) bond motifs is 1. The van der Waals surface area contributed by atoms with Gasteiger partial charge >= 0.3 is 0 Å². The van der Waals surface area contributed by atoms with E-state index in [1.54, 1.807) is 34.8 Å². The minimum Gasteiger partial charge on any atom is -0.308 e. The Hall–Kier alpha value is -1.37. The van der Waals surface area contributed by atoms with E-state index in [4.69, 9.17) is 0 Å². The van der Waals surface area contributed by atoms with Gasteiger partial charge in [-0.05, 0) is 36.4 Å². The summed E-state index contributed by atoms with van der Waals surface area (Å²) in [4.78, 5) is 1.06. The van der Waals surface area contributed by atoms with E-state index < -0.39 is 0 Å². The van der Waals surface area contributed by atoms with Gasteiger partial charge in [-0.3, -0.25) is 0 Å². The predicted octanol–water partition coefficient (Wildman–Crippen LogP) is 3.81. The largest absolute Gasteiger partial charge is 0.308 e. The van der Waals surface area contributed by atoms with E-state index in [-0.39, 0.29) is 5.82 Å². The normalized spacial score (nSPS) is 15.1. The number of benzene rings is 1. The number of hydrogen-bond acceptors (Lipinski definition) is 5. The van der Waals surface area contributed by atoms with Gasteiger partial charge in [0.05, 0.1) is 4.88 Å². The van der Waals surface area contributed by atoms with Crippen LogP contribution < -0.4 is 5.32 Å². The summed E-state index contributed by atoms with van der Waals surface area (Å²) in [5.74, 6) is -0.197. The van der Waals surface area contributed by atoms with Crippen molar-refractivity contribution in [3.8, 4) is 9.88 Å². The van der Waals surface area contributed by atoms with Crippen molar-refractivity contribution in [1.82, 2.24) is 15.5 Å². The molecule has 1 aliphatic carbocycles. The fourth-order valence-electron chi connectivity index (χ4n) is 2.05. The van der Waals surface area contributed by atoms with Crippen molar-refractivity contribution in [3.63, 3.8) is 0 Å². The predicted molar refractivity (Wildman–Crippen MR) is 80.5 cm³/mol. The van der Waals surface area contributed by atoms with Crippen molar-refractivity contribution < 1.29 is 4.39 Å². The van der Waals surface area contributed by atoms with Gasteiger partial charge in [0.25, 0.3) is 0 Å². The van der Waals surface area contributed by atoms with E-state index in [9.17, 15) is 4.39 Å². The van der Waals surface area contributed by atoms with Crippen LogP contribution in [0, 0.1) is 5.82 Å². The Kier molecular flexibility index (Phi) is 3.02. The highest BCUT2D eigenvalue weighted by atomic mass is 32.1. The van der Waals surface area contributed by atoms with Gasteiger partial charge in [0.15, 0.2) is 5.01 Å². The van der Waals surface area contributed by atoms with Crippen LogP contribution in [0.4, 0.5) is 4.39 Å². The molecule has 20 heavy (non-hydrogen) atoms. The molecule has 0 unspecified atom stereocenters. The average Bonchev–Trinajstić information content (AvgIpc) is 2.99. The second-order valence-corrected chi connectivity index (χ2v) is 7.09. The van der Waals surface area contributed by atoms with Crippen LogP contribution in [0.2, 0.25) is 0 Å². The van der Waals surface area contributed by atoms with E-state index in [1.807, 2.05) is 0 Å². The van der Waals surface area contributed by atoms with E-state index >= 15 is 0 Å². The summed E-state index contributed by atoms with van der Waals surface area (Å²) in [7, 11) is 0. The lowest BCUT2D eigenvalue weighted by Gasteiger charge is -1.95. The number of nitrogens with zero attached hydrogens (tertiary/aromatic N) is 2. The lowest BCUT2D eigenvalue weighted by atomic mass is 10.2. The monoisotopic (exact) mass is 305 g/mol. The summed E-state index contributed by atoms with van der Waals surface area (Å²) in [6.07, 6.45) is 2.54. The quantitative estimate of drug-likeness (QED) is 0.796. The molecule has 1 saturated carbocycles. The number of thiophene rings is 1. The molecule has 4 rings (SSSR count). The van der Waals surface area contributed by atoms with Crippen LogP contribution in [0.3, 0.4) is 0 Å². The lowest BCUT2D eigenvalue weighted by Crippen LogP contribution is -2.14. The highest BCUT2D eigenvalue weighted by molar-refractivity contribution is 7.25. The fourth-order valence-corrected chi connectivity index (χ4v) is 3.97. The summed E-state index contributed by atoms with van der Waals surface area (Å²) >= 11 is 3.17. The minimum atomic E-state index is -0.197. The second kappa shape index (κ2) is 4.87. The fraction of sp³-hybridized carbons (Fsp3) is 0.286. The van der Waals surface area contributed by atoms with Crippen molar-refractivity contribution >= 4 is 32.8 Å². The van der Waals surface area contributed by atoms with E-state index in [0.717, 1.165) is 31.5 Å². The Labute approximate surface area is 123 Å². The Bertz CT molecular complexity index is 761. The van der Waals surface area contributed by atoms with Crippen LogP contribution in [0.25, 0.3) is 20.0 Å². The molecule has 1 N–H and O–H groups in total. The van der Waals surface area contributed by atoms with Crippen molar-refractivity contribution in [2.75, 3.05) is 0 Å². The summed E-state index contributed by atoms with van der Waals surface area (Å²) in [5.41, 5.74) is 0. The second-order valence-electron chi connectivity index (χ2n) is 4.95. The van der Waals surface area contributed by atoms with Gasteiger partial charge < -0.3 is 5.32 Å². The molecular weight excluding hydrogens is 293 g/mol. The molecule has 2 aromatic heterocycles. The van der Waals surface area contributed by atoms with Crippen LogP contribution >= 0.6 is 22.7 Å². The zero-order valence-corrected chi connectivity index (χ0v) is 12.2. The zero-order chi connectivity index (χ0) is 13.5. The molecule has 0 bridgehead atoms. The first-order valence-corrected chi connectivity index (χ1v) is 8.16. The van der Waals surface area contributed by atoms with Crippen molar-refractivity contribution in [2.45, 2.75) is 25.4 Å². The molecule has 1 aromatic carbocycles. The van der Waals surface area contributed by atoms with Gasteiger partial charge in [-0.25, -0.2) is 4.39 Å². The molecule has 6 heteroatoms. The third-order valence-electron chi connectivity index (χ3n) is 3.28. The van der Waals surface area contributed by atoms with Gasteiger partial charge in [-0.2, -0.15) is 0 Å². The Morgan fingerprint density at radius 2 is 2.10 bits per heavy atom. The number of hydrogen-bond donors (Lipinski definition) is 1. The van der Waals surface area contributed by atoms with Crippen LogP contribution in [0.5, 0.6) is 0 Å². The lowest BCUT2D eigenvalue weighted by molar-refractivity contribution is 0.630. The first-order valence-electron chi connectivity index (χ1n) is 6.53. The topological polar surface area (TPSA) is 37.8 Å². The molecule has 102 valence electrons. The maximum Gasteiger partial charge on any atom is 0.157 e. The van der Waals surface area contributed by atoms with Crippen LogP contribution in [0.15, 0.2) is 24.3 Å². The van der Waals surface area contributed by atoms with Crippen LogP contribution in [-0.2, 0) is 6.54 Å². The smallest absolute Gasteiger partial charge is 0.157 e. The molecule has 1 fully saturated rings. The molecule has 3 nitrogen and oxygen atoms in total. The average molecular weight is 305 g/mol. The molecular formula is C14H12FN3S2. The van der Waals surface area contributed by atoms with Crippen LogP contribution in [0.1, 0.15) is 17.8 Å². The zero-order valence-electron chi connectivity index (χ0n) is 10.6. The van der Waals surface area contributed by atoms with Crippen LogP contribution in [-0.4, -0.2) is 16.2 Å². The SMILES string of the molecule is Fc1ccc2cc(-c3nnc(CNC4CC4)s3)sc2c1. The molecule has 1 aliphatic rings. The van der Waals surface area contributed by atoms with Crippen molar-refractivity contribution in [3.05, 3.63) is 35.1 Å². The van der Waals surface area contributed by atoms with E-state index in [0.29, 0.717) is 6.04 Å². The molecule has 2 heterocycles. The number of nitrogens with one attached hydrogen (secondary N) is 1. The molecule has 3 aromatic rings. The first-order chi connectivity index (χ1) is 9.78. The van der Waals surface area contributed by atoms with E-state index in [2.05, 4.69) is 21.6 Å². The molecule has 0 atom stereocenters. The summed E-state index contributed by atoms with van der Waals surface area (Å²) in [5, 5.41) is 14.9. The maximum absolute atomic E-state index is 13.2. The molecule has 0 radical (unpaired) electrons. The third kappa shape index (κ3) is 2.46. The number of aromatic nitrogens is 2. The molecule has 0 amide bonds. The molecule has 0 spiro atoms. The van der Waals surface area contributed by atoms with Gasteiger partial charge in [0.1, 0.15) is 10.8 Å². The Morgan fingerprint density at radius 1 is 1.20 bits per heavy atom. The highest BCUT2D eigenvalue weighted by Crippen LogP contribution is 2.35. The van der Waals surface area contributed by atoms with Crippen molar-refractivity contribution in [2.24, 2.45) is 0 Å². The molecule has 0 aliphatic heterocycles. The minimum absolute atomic E-state index is 0.197. The summed E-state index contributed by atoms with van der Waals surface area (Å²) < 4.78 is 14.2. The third-order valence-corrected chi connectivity index (χ3v) is 5.47. The van der Waals surface area contributed by atoms with Crippen molar-refractivity contribution in [1.29, 1.82) is 0 Å². The number of rotatable bonds is 4. The van der Waals surface area contributed by atoms with Gasteiger partial charge in [0.2, 0.25) is 0 Å². The molecule has 0 saturated heterocycles. The Balaban J connectivity index is 1.60. The highest BCUT2D eigenvalue weighted by Gasteiger charge is 2.21. The summed E-state index contributed by atoms with van der Waals surface area (Å²) in [6.45, 7) is 0.794. The van der Waals surface area contributed by atoms with Gasteiger partial charge in [0, 0.05) is 17.3 Å². The van der Waals surface area contributed by atoms with E-state index in [1.165, 1.54) is 18.9 Å².